The normalized spacial score (nSPS) is 36.5. The number of carbonyl (C=O) groups excluding carboxylic acids is 4. The Hall–Kier alpha value is -4.00. The summed E-state index contributed by atoms with van der Waals surface area (Å²) in [5.74, 6) is -4.64. The highest BCUT2D eigenvalue weighted by atomic mass is 19.1. The fourth-order valence-electron chi connectivity index (χ4n) is 9.82. The van der Waals surface area contributed by atoms with Crippen LogP contribution in [0.15, 0.2) is 58.6 Å². The number of fused-ring (bicyclic) bond motifs is 7. The van der Waals surface area contributed by atoms with Crippen molar-refractivity contribution in [2.75, 3.05) is 13.7 Å². The Bertz CT molecular complexity index is 1820. The van der Waals surface area contributed by atoms with Crippen molar-refractivity contribution < 1.29 is 52.0 Å². The highest BCUT2D eigenvalue weighted by Crippen LogP contribution is 2.72. The maximum Gasteiger partial charge on any atom is 0.376 e. The first-order valence-corrected chi connectivity index (χ1v) is 17.1. The zero-order valence-corrected chi connectivity index (χ0v) is 28.8. The Morgan fingerprint density at radius 1 is 1.10 bits per heavy atom. The average Bonchev–Trinajstić information content (AvgIpc) is 3.71. The second-order valence-corrected chi connectivity index (χ2v) is 15.1. The number of ether oxygens (including phenoxy) is 4. The summed E-state index contributed by atoms with van der Waals surface area (Å²) in [4.78, 5) is 56.7. The number of aryl methyl sites for hydroxylation is 1. The van der Waals surface area contributed by atoms with Crippen LogP contribution in [0.5, 0.6) is 0 Å². The van der Waals surface area contributed by atoms with Gasteiger partial charge in [-0.1, -0.05) is 36.8 Å². The molecule has 7 rings (SSSR count). The van der Waals surface area contributed by atoms with E-state index in [1.54, 1.807) is 51.1 Å². The number of carbonyl (C=O) groups is 4. The van der Waals surface area contributed by atoms with Gasteiger partial charge in [0.15, 0.2) is 29.4 Å². The first-order valence-electron chi connectivity index (χ1n) is 17.1. The molecule has 5 aliphatic rings. The first-order chi connectivity index (χ1) is 23.6. The highest BCUT2D eigenvalue weighted by molar-refractivity contribution is 6.01. The molecule has 4 aliphatic carbocycles. The zero-order valence-electron chi connectivity index (χ0n) is 28.8. The molecule has 2 aromatic rings. The van der Waals surface area contributed by atoms with E-state index in [1.165, 1.54) is 19.3 Å². The molecule has 50 heavy (non-hydrogen) atoms. The van der Waals surface area contributed by atoms with Crippen LogP contribution >= 0.6 is 0 Å². The fraction of sp³-hybridized carbons (Fsp3) is 0.553. The molecule has 0 unspecified atom stereocenters. The van der Waals surface area contributed by atoms with Crippen molar-refractivity contribution in [2.45, 2.75) is 95.5 Å². The van der Waals surface area contributed by atoms with Gasteiger partial charge in [-0.15, -0.1) is 0 Å². The number of aliphatic hydroxyl groups excluding tert-OH is 1. The molecule has 1 aromatic heterocycles. The van der Waals surface area contributed by atoms with E-state index >= 15 is 4.39 Å². The number of hydrogen-bond donors (Lipinski definition) is 1. The van der Waals surface area contributed by atoms with Crippen LogP contribution in [0, 0.1) is 22.7 Å². The highest BCUT2D eigenvalue weighted by Gasteiger charge is 2.80. The molecule has 1 N–H and O–H groups in total. The van der Waals surface area contributed by atoms with E-state index in [-0.39, 0.29) is 42.4 Å². The third-order valence-corrected chi connectivity index (χ3v) is 12.1. The van der Waals surface area contributed by atoms with Gasteiger partial charge < -0.3 is 28.5 Å². The SMILES string of the molecule is COC(=O)CCc1nc(-c2ccccc2)oc1C(=O)OCC(=O)[C@@]12OC(C)(C)O[C@@H]1C[C@H]1[C@@H]3CCC4=CC(=O)C=C[C@]4(C)[C@@]3(F)[C@@H](O)C[C@@]12C. The van der Waals surface area contributed by atoms with Gasteiger partial charge in [-0.3, -0.25) is 14.4 Å². The molecule has 2 heterocycles. The predicted octanol–water partition coefficient (Wildman–Crippen LogP) is 5.04. The Labute approximate surface area is 289 Å². The minimum Gasteiger partial charge on any atom is -0.469 e. The lowest BCUT2D eigenvalue weighted by Crippen LogP contribution is -2.70. The predicted molar refractivity (Wildman–Crippen MR) is 174 cm³/mol. The Morgan fingerprint density at radius 3 is 2.56 bits per heavy atom. The van der Waals surface area contributed by atoms with Crippen LogP contribution in [-0.4, -0.2) is 76.6 Å². The Morgan fingerprint density at radius 2 is 1.84 bits per heavy atom. The topological polar surface area (TPSA) is 151 Å². The molecule has 3 saturated carbocycles. The van der Waals surface area contributed by atoms with Gasteiger partial charge in [-0.05, 0) is 76.7 Å². The van der Waals surface area contributed by atoms with Crippen LogP contribution < -0.4 is 0 Å². The van der Waals surface area contributed by atoms with Crippen molar-refractivity contribution in [3.8, 4) is 11.5 Å². The maximum atomic E-state index is 17.7. The molecular weight excluding hydrogens is 649 g/mol. The van der Waals surface area contributed by atoms with E-state index in [9.17, 15) is 24.3 Å². The van der Waals surface area contributed by atoms with E-state index in [4.69, 9.17) is 23.4 Å². The summed E-state index contributed by atoms with van der Waals surface area (Å²) in [7, 11) is 1.26. The number of alkyl halides is 1. The average molecular weight is 692 g/mol. The van der Waals surface area contributed by atoms with Gasteiger partial charge in [0.05, 0.1) is 31.4 Å². The van der Waals surface area contributed by atoms with Gasteiger partial charge >= 0.3 is 11.9 Å². The van der Waals surface area contributed by atoms with Crippen LogP contribution in [0.25, 0.3) is 11.5 Å². The number of esters is 2. The summed E-state index contributed by atoms with van der Waals surface area (Å²) in [6.45, 7) is 6.24. The molecule has 4 fully saturated rings. The number of nitrogens with zero attached hydrogens (tertiary/aromatic N) is 1. The van der Waals surface area contributed by atoms with Gasteiger partial charge in [-0.25, -0.2) is 14.2 Å². The lowest BCUT2D eigenvalue weighted by molar-refractivity contribution is -0.246. The largest absolute Gasteiger partial charge is 0.469 e. The van der Waals surface area contributed by atoms with Gasteiger partial charge in [0.1, 0.15) is 0 Å². The molecule has 8 atom stereocenters. The number of allylic oxidation sites excluding steroid dienone is 4. The summed E-state index contributed by atoms with van der Waals surface area (Å²) in [6, 6.07) is 8.89. The standard InChI is InChI=1S/C38H42FNO10/c1-34(2)49-29-18-25-24-12-11-22-17-23(41)15-16-35(22,3)37(24,39)27(42)19-36(25,4)38(29,50-34)28(43)20-47-33(45)31-26(13-14-30(44)46-5)40-32(48-31)21-9-7-6-8-10-21/h6-10,15-17,24-25,27,29,42H,11-14,18-20H2,1-5H3/t24-,25-,27-,29+,35-,36-,37-,38+/m0/s1. The number of methoxy groups -OCH3 is 1. The second-order valence-electron chi connectivity index (χ2n) is 15.1. The number of rotatable bonds is 8. The van der Waals surface area contributed by atoms with Crippen molar-refractivity contribution in [3.05, 3.63) is 65.6 Å². The lowest BCUT2D eigenvalue weighted by atomic mass is 9.44. The van der Waals surface area contributed by atoms with Crippen LogP contribution in [-0.2, 0) is 39.8 Å². The van der Waals surface area contributed by atoms with E-state index in [1.807, 2.05) is 13.0 Å². The molecule has 12 heteroatoms. The number of benzene rings is 1. The quantitative estimate of drug-likeness (QED) is 0.371. The molecule has 1 saturated heterocycles. The Kier molecular flexibility index (Phi) is 8.12. The van der Waals surface area contributed by atoms with E-state index in [0.29, 0.717) is 30.4 Å². The van der Waals surface area contributed by atoms with Crippen molar-refractivity contribution >= 4 is 23.5 Å². The van der Waals surface area contributed by atoms with Gasteiger partial charge in [0.25, 0.3) is 0 Å². The van der Waals surface area contributed by atoms with Gasteiger partial charge in [0.2, 0.25) is 17.4 Å². The summed E-state index contributed by atoms with van der Waals surface area (Å²) in [5.41, 5.74) is -4.64. The van der Waals surface area contributed by atoms with Crippen molar-refractivity contribution in [3.63, 3.8) is 0 Å². The number of oxazole rings is 1. The lowest BCUT2D eigenvalue weighted by Gasteiger charge is -2.62. The molecule has 0 radical (unpaired) electrons. The van der Waals surface area contributed by atoms with Crippen LogP contribution in [0.1, 0.15) is 76.0 Å². The molecule has 266 valence electrons. The smallest absolute Gasteiger partial charge is 0.376 e. The van der Waals surface area contributed by atoms with Crippen LogP contribution in [0.4, 0.5) is 4.39 Å². The summed E-state index contributed by atoms with van der Waals surface area (Å²) < 4.78 is 46.8. The van der Waals surface area contributed by atoms with Crippen LogP contribution in [0.3, 0.4) is 0 Å². The fourth-order valence-corrected chi connectivity index (χ4v) is 9.82. The van der Waals surface area contributed by atoms with Crippen molar-refractivity contribution in [1.29, 1.82) is 0 Å². The number of Topliss-reactive ketones (excluding diaryl/α,β-unsaturated/α-hetero) is 1. The molecule has 1 aliphatic heterocycles. The summed E-state index contributed by atoms with van der Waals surface area (Å²) in [6.07, 6.45) is 3.11. The maximum absolute atomic E-state index is 17.7. The first kappa shape index (κ1) is 34.4. The van der Waals surface area contributed by atoms with Crippen LogP contribution in [0.2, 0.25) is 0 Å². The molecule has 0 spiro atoms. The number of ketones is 2. The molecule has 0 bridgehead atoms. The number of aromatic nitrogens is 1. The van der Waals surface area contributed by atoms with Gasteiger partial charge in [0, 0.05) is 28.7 Å². The van der Waals surface area contributed by atoms with E-state index in [2.05, 4.69) is 4.98 Å². The third-order valence-electron chi connectivity index (χ3n) is 12.1. The molecule has 1 aromatic carbocycles. The van der Waals surface area contributed by atoms with Crippen molar-refractivity contribution in [1.82, 2.24) is 4.98 Å². The Balaban J connectivity index is 1.18. The summed E-state index contributed by atoms with van der Waals surface area (Å²) >= 11 is 0. The zero-order chi connectivity index (χ0) is 35.9. The molecule has 0 amide bonds. The summed E-state index contributed by atoms with van der Waals surface area (Å²) in [5, 5.41) is 11.8. The third kappa shape index (κ3) is 4.89. The molecule has 11 nitrogen and oxygen atoms in total. The number of aliphatic hydroxyl groups is 1. The number of halogens is 1. The monoisotopic (exact) mass is 691 g/mol. The number of hydrogen-bond acceptors (Lipinski definition) is 11. The van der Waals surface area contributed by atoms with E-state index in [0.717, 1.165) is 0 Å². The minimum absolute atomic E-state index is 0.0295. The second kappa shape index (κ2) is 11.8. The molecular formula is C38H42FNO10. The minimum atomic E-state index is -2.10. The van der Waals surface area contributed by atoms with Gasteiger partial charge in [-0.2, -0.15) is 0 Å². The van der Waals surface area contributed by atoms with Crippen molar-refractivity contribution in [2.24, 2.45) is 22.7 Å². The van der Waals surface area contributed by atoms with E-state index < -0.39 is 76.3 Å².